The van der Waals surface area contributed by atoms with Gasteiger partial charge in [-0.05, 0) is 11.2 Å². The Hall–Kier alpha value is -4.22. The van der Waals surface area contributed by atoms with E-state index in [9.17, 15) is 9.90 Å². The molecule has 5 rings (SSSR count). The van der Waals surface area contributed by atoms with E-state index in [-0.39, 0.29) is 40.9 Å². The van der Waals surface area contributed by atoms with Gasteiger partial charge in [-0.2, -0.15) is 5.16 Å². The lowest BCUT2D eigenvalue weighted by Crippen LogP contribution is -2.27. The van der Waals surface area contributed by atoms with Crippen molar-refractivity contribution in [2.75, 3.05) is 6.67 Å². The summed E-state index contributed by atoms with van der Waals surface area (Å²) in [6, 6.07) is 4.90. The Labute approximate surface area is 148 Å². The smallest absolute Gasteiger partial charge is 0.317 e. The highest BCUT2D eigenvalue weighted by molar-refractivity contribution is 6.66. The molecule has 12 nitrogen and oxygen atoms in total. The molecule has 2 aromatic carbocycles. The average Bonchev–Trinajstić information content (AvgIpc) is 3.36. The van der Waals surface area contributed by atoms with E-state index in [0.29, 0.717) is 21.8 Å². The Kier molecular flexibility index (Phi) is 3.01. The Balaban J connectivity index is 1.75. The largest absolute Gasteiger partial charge is 0.507 e. The van der Waals surface area contributed by atoms with E-state index in [0.717, 1.165) is 0 Å². The maximum atomic E-state index is 12.2. The van der Waals surface area contributed by atoms with Gasteiger partial charge in [0.2, 0.25) is 11.3 Å². The number of amidine groups is 1. The number of nitrogens with zero attached hydrogens (tertiary/aromatic N) is 7. The highest BCUT2D eigenvalue weighted by Gasteiger charge is 2.22. The van der Waals surface area contributed by atoms with E-state index in [2.05, 4.69) is 40.5 Å². The Bertz CT molecular complexity index is 1350. The predicted molar refractivity (Wildman–Crippen MR) is 94.1 cm³/mol. The minimum Gasteiger partial charge on any atom is -0.507 e. The molecule has 0 bridgehead atoms. The van der Waals surface area contributed by atoms with E-state index >= 15 is 0 Å². The van der Waals surface area contributed by atoms with Crippen LogP contribution in [0.1, 0.15) is 0 Å². The first kappa shape index (κ1) is 15.1. The highest BCUT2D eigenvalue weighted by atomic mass is 16.6. The van der Waals surface area contributed by atoms with Gasteiger partial charge in [0.25, 0.3) is 0 Å². The molecule has 1 amide bonds. The maximum absolute atomic E-state index is 12.2. The molecule has 0 saturated carbocycles. The van der Waals surface area contributed by atoms with Crippen LogP contribution in [0.2, 0.25) is 0 Å². The first-order valence-electron chi connectivity index (χ1n) is 7.69. The number of phenols is 1. The van der Waals surface area contributed by atoms with Crippen LogP contribution in [0.25, 0.3) is 33.1 Å². The average molecular weight is 363 g/mol. The number of aromatic amines is 1. The Morgan fingerprint density at radius 3 is 2.96 bits per heavy atom. The van der Waals surface area contributed by atoms with E-state index in [1.165, 1.54) is 6.07 Å². The zero-order chi connectivity index (χ0) is 18.5. The van der Waals surface area contributed by atoms with Crippen molar-refractivity contribution in [2.45, 2.75) is 0 Å². The fraction of sp³-hybridized carbons (Fsp3) is 0.0667. The van der Waals surface area contributed by atoms with Gasteiger partial charge in [0.05, 0.1) is 5.39 Å². The van der Waals surface area contributed by atoms with Gasteiger partial charge < -0.3 is 10.8 Å². The monoisotopic (exact) mass is 363 g/mol. The molecule has 132 valence electrons. The number of hydrogen-bond donors (Lipinski definition) is 3. The summed E-state index contributed by atoms with van der Waals surface area (Å²) in [5.74, 6) is -0.772. The normalized spacial score (nSPS) is 14.5. The van der Waals surface area contributed by atoms with Crippen LogP contribution in [0, 0.1) is 0 Å². The summed E-state index contributed by atoms with van der Waals surface area (Å²) in [7, 11) is 0. The second kappa shape index (κ2) is 5.39. The van der Waals surface area contributed by atoms with Crippen LogP contribution >= 0.6 is 0 Å². The maximum Gasteiger partial charge on any atom is 0.317 e. The molecule has 2 aromatic heterocycles. The summed E-state index contributed by atoms with van der Waals surface area (Å²) in [5.41, 5.74) is 7.05. The van der Waals surface area contributed by atoms with E-state index in [1.807, 2.05) is 0 Å². The number of benzene rings is 1. The Morgan fingerprint density at radius 2 is 2.15 bits per heavy atom. The minimum absolute atomic E-state index is 0.0135. The molecule has 0 radical (unpaired) electrons. The molecule has 0 atom stereocenters. The number of aliphatic imine (C=N–C) groups is 2. The molecule has 0 unspecified atom stereocenters. The van der Waals surface area contributed by atoms with Gasteiger partial charge in [-0.25, -0.2) is 15.0 Å². The number of azo groups is 1. The molecule has 4 aromatic rings. The van der Waals surface area contributed by atoms with Gasteiger partial charge in [-0.15, -0.1) is 10.2 Å². The van der Waals surface area contributed by atoms with Crippen molar-refractivity contribution in [3.63, 3.8) is 0 Å². The van der Waals surface area contributed by atoms with Gasteiger partial charge in [0, 0.05) is 5.39 Å². The van der Waals surface area contributed by atoms with E-state index in [1.54, 1.807) is 12.1 Å². The van der Waals surface area contributed by atoms with Crippen molar-refractivity contribution in [3.05, 3.63) is 18.2 Å². The lowest BCUT2D eigenvalue weighted by atomic mass is 10.2. The molecular formula is C15H9N9O3. The molecule has 4 N–H and O–H groups in total. The number of carbonyl (C=O) groups is 1. The molecule has 1 aliphatic rings. The molecule has 1 aliphatic heterocycles. The van der Waals surface area contributed by atoms with Crippen molar-refractivity contribution in [3.8, 4) is 5.75 Å². The second-order valence-electron chi connectivity index (χ2n) is 5.62. The second-order valence-corrected chi connectivity index (χ2v) is 5.62. The number of hydrogen-bond acceptors (Lipinski definition) is 10. The number of aromatic hydroxyl groups is 1. The SMILES string of the molecule is NC1=NCN=C1C(=O)N=Nc1c2nc3[nH]onc3nc2c2cccc(O)c12. The van der Waals surface area contributed by atoms with Crippen molar-refractivity contribution >= 4 is 56.2 Å². The third kappa shape index (κ3) is 2.16. The summed E-state index contributed by atoms with van der Waals surface area (Å²) in [6.45, 7) is 0.0816. The van der Waals surface area contributed by atoms with Gasteiger partial charge in [-0.1, -0.05) is 12.1 Å². The third-order valence-corrected chi connectivity index (χ3v) is 4.07. The van der Waals surface area contributed by atoms with Crippen LogP contribution in [0.3, 0.4) is 0 Å². The first-order chi connectivity index (χ1) is 13.1. The van der Waals surface area contributed by atoms with Gasteiger partial charge in [-0.3, -0.25) is 14.4 Å². The number of aromatic nitrogens is 4. The highest BCUT2D eigenvalue weighted by Crippen LogP contribution is 2.42. The lowest BCUT2D eigenvalue weighted by Gasteiger charge is -1.96. The number of amides is 1. The van der Waals surface area contributed by atoms with Gasteiger partial charge in [0.15, 0.2) is 11.5 Å². The third-order valence-electron chi connectivity index (χ3n) is 4.07. The summed E-state index contributed by atoms with van der Waals surface area (Å²) in [5, 5.41) is 25.2. The predicted octanol–water partition coefficient (Wildman–Crippen LogP) is 1.34. The topological polar surface area (TPSA) is 180 Å². The number of fused-ring (bicyclic) bond motifs is 4. The molecule has 0 saturated heterocycles. The molecule has 0 aliphatic carbocycles. The molecule has 0 fully saturated rings. The van der Waals surface area contributed by atoms with Gasteiger partial charge >= 0.3 is 5.91 Å². The number of nitrogens with one attached hydrogen (secondary N) is 1. The van der Waals surface area contributed by atoms with Crippen LogP contribution < -0.4 is 5.73 Å². The van der Waals surface area contributed by atoms with E-state index < -0.39 is 5.91 Å². The molecule has 0 spiro atoms. The van der Waals surface area contributed by atoms with Crippen LogP contribution in [0.4, 0.5) is 5.69 Å². The zero-order valence-corrected chi connectivity index (χ0v) is 13.4. The van der Waals surface area contributed by atoms with Crippen molar-refractivity contribution in [1.82, 2.24) is 20.3 Å². The fourth-order valence-corrected chi connectivity index (χ4v) is 2.88. The summed E-state index contributed by atoms with van der Waals surface area (Å²) >= 11 is 0. The quantitative estimate of drug-likeness (QED) is 0.449. The summed E-state index contributed by atoms with van der Waals surface area (Å²) in [6.07, 6.45) is 0. The number of nitrogens with two attached hydrogens (primary N) is 1. The van der Waals surface area contributed by atoms with Gasteiger partial charge in [0.1, 0.15) is 29.1 Å². The number of rotatable bonds is 2. The molecule has 27 heavy (non-hydrogen) atoms. The molecule has 3 heterocycles. The molecular weight excluding hydrogens is 354 g/mol. The fourth-order valence-electron chi connectivity index (χ4n) is 2.88. The lowest BCUT2D eigenvalue weighted by molar-refractivity contribution is -0.112. The minimum atomic E-state index is -0.739. The van der Waals surface area contributed by atoms with Crippen LogP contribution in [-0.4, -0.2) is 49.5 Å². The van der Waals surface area contributed by atoms with Crippen LogP contribution in [-0.2, 0) is 4.79 Å². The Morgan fingerprint density at radius 1 is 1.26 bits per heavy atom. The number of carbonyl (C=O) groups excluding carboxylic acids is 1. The van der Waals surface area contributed by atoms with Crippen LogP contribution in [0.5, 0.6) is 5.75 Å². The number of phenolic OH excluding ortho intramolecular Hbond substituents is 1. The van der Waals surface area contributed by atoms with Crippen molar-refractivity contribution in [2.24, 2.45) is 25.9 Å². The van der Waals surface area contributed by atoms with E-state index in [4.69, 9.17) is 10.4 Å². The summed E-state index contributed by atoms with van der Waals surface area (Å²) < 4.78 is 4.76. The standard InChI is InChI=1S/C15H9N9O3/c16-12-11(17-4-18-12)15(26)22-21-9-7-5(2-1-3-6(7)25)8-10(9)20-14-13(19-8)23-27-24-14/h1-3,25H,4H2,(H2,16,18)(H,20,24). The molecule has 12 heteroatoms. The number of H-pyrrole nitrogens is 1. The summed E-state index contributed by atoms with van der Waals surface area (Å²) in [4.78, 5) is 28.6. The zero-order valence-electron chi connectivity index (χ0n) is 13.4. The van der Waals surface area contributed by atoms with Crippen molar-refractivity contribution in [1.29, 1.82) is 0 Å². The van der Waals surface area contributed by atoms with Crippen LogP contribution in [0.15, 0.2) is 43.0 Å². The van der Waals surface area contributed by atoms with Crippen molar-refractivity contribution < 1.29 is 14.5 Å². The first-order valence-corrected chi connectivity index (χ1v) is 7.69.